The zero-order valence-corrected chi connectivity index (χ0v) is 7.84. The molecule has 0 aromatic rings. The van der Waals surface area contributed by atoms with Crippen molar-refractivity contribution in [3.8, 4) is 0 Å². The molecule has 0 amide bonds. The molecule has 0 aromatic heterocycles. The van der Waals surface area contributed by atoms with Crippen LogP contribution < -0.4 is 0 Å². The van der Waals surface area contributed by atoms with Gasteiger partial charge in [0.2, 0.25) is 0 Å². The average molecular weight is 292 g/mol. The van der Waals surface area contributed by atoms with Crippen molar-refractivity contribution < 1.29 is 48.6 Å². The molecule has 1 aliphatic rings. The molecule has 0 bridgehead atoms. The van der Waals surface area contributed by atoms with Gasteiger partial charge in [-0.25, -0.2) is 9.13 Å². The second kappa shape index (κ2) is 3.75. The zero-order valence-electron chi connectivity index (χ0n) is 7.84. The second-order valence-corrected chi connectivity index (χ2v) is 3.29. The van der Waals surface area contributed by atoms with Crippen LogP contribution in [0.3, 0.4) is 0 Å². The van der Waals surface area contributed by atoms with E-state index in [1.54, 1.807) is 0 Å². The fraction of sp³-hybridized carbons (Fsp3) is 0.714. The van der Waals surface area contributed by atoms with Crippen molar-refractivity contribution in [3.05, 3.63) is 11.9 Å². The molecule has 1 aliphatic heterocycles. The van der Waals surface area contributed by atoms with E-state index in [4.69, 9.17) is 0 Å². The molecular formula is C7H2F10O. The summed E-state index contributed by atoms with van der Waals surface area (Å²) in [5.41, 5.74) is 0. The summed E-state index contributed by atoms with van der Waals surface area (Å²) in [6.07, 6.45) is -19.1. The Morgan fingerprint density at radius 3 is 1.83 bits per heavy atom. The van der Waals surface area contributed by atoms with E-state index in [2.05, 4.69) is 4.74 Å². The van der Waals surface area contributed by atoms with Gasteiger partial charge in [-0.3, -0.25) is 0 Å². The summed E-state index contributed by atoms with van der Waals surface area (Å²) in [6, 6.07) is 0. The number of rotatable bonds is 0. The largest absolute Gasteiger partial charge is 0.425 e. The molecule has 0 saturated carbocycles. The van der Waals surface area contributed by atoms with Crippen LogP contribution in [-0.2, 0) is 4.74 Å². The van der Waals surface area contributed by atoms with Crippen LogP contribution in [0.25, 0.3) is 0 Å². The van der Waals surface area contributed by atoms with Gasteiger partial charge >= 0.3 is 24.3 Å². The van der Waals surface area contributed by atoms with E-state index < -0.39 is 42.1 Å². The Bertz CT molecular complexity index is 367. The van der Waals surface area contributed by atoms with Crippen LogP contribution in [0.4, 0.5) is 43.9 Å². The highest BCUT2D eigenvalue weighted by atomic mass is 19.4. The van der Waals surface area contributed by atoms with Crippen molar-refractivity contribution in [1.29, 1.82) is 0 Å². The molecule has 11 heteroatoms. The predicted molar refractivity (Wildman–Crippen MR) is 34.7 cm³/mol. The molecule has 0 saturated heterocycles. The van der Waals surface area contributed by atoms with E-state index in [1.165, 1.54) is 0 Å². The lowest BCUT2D eigenvalue weighted by Gasteiger charge is -2.30. The molecule has 0 aromatic carbocycles. The first-order valence-electron chi connectivity index (χ1n) is 4.00. The Hall–Kier alpha value is -1.00. The highest BCUT2D eigenvalue weighted by Crippen LogP contribution is 2.53. The summed E-state index contributed by atoms with van der Waals surface area (Å²) >= 11 is 0. The molecular weight excluding hydrogens is 290 g/mol. The summed E-state index contributed by atoms with van der Waals surface area (Å²) in [6.45, 7) is 0. The maximum atomic E-state index is 12.8. The highest BCUT2D eigenvalue weighted by Gasteiger charge is 2.73. The van der Waals surface area contributed by atoms with Crippen molar-refractivity contribution in [3.63, 3.8) is 0 Å². The fourth-order valence-electron chi connectivity index (χ4n) is 1.11. The van der Waals surface area contributed by atoms with E-state index >= 15 is 0 Å². The van der Waals surface area contributed by atoms with E-state index in [0.29, 0.717) is 0 Å². The first-order chi connectivity index (χ1) is 7.72. The standard InChI is InChI=1S/C7H2F10O/c8-3-1-2(5(11,12)13)4(9,10)7(16,17)18-6(3,14)15/h1-2H. The Morgan fingerprint density at radius 1 is 1.00 bits per heavy atom. The van der Waals surface area contributed by atoms with E-state index in [-0.39, 0.29) is 0 Å². The molecule has 0 aliphatic carbocycles. The Labute approximate surface area is 92.0 Å². The van der Waals surface area contributed by atoms with Crippen LogP contribution in [0.5, 0.6) is 0 Å². The molecule has 1 atom stereocenters. The van der Waals surface area contributed by atoms with Crippen molar-refractivity contribution in [2.24, 2.45) is 5.92 Å². The van der Waals surface area contributed by atoms with Crippen LogP contribution in [0, 0.1) is 5.92 Å². The molecule has 0 radical (unpaired) electrons. The molecule has 0 N–H and O–H groups in total. The number of hydrogen-bond donors (Lipinski definition) is 0. The second-order valence-electron chi connectivity index (χ2n) is 3.29. The molecule has 1 unspecified atom stereocenters. The minimum atomic E-state index is -6.19. The van der Waals surface area contributed by atoms with E-state index in [1.807, 2.05) is 0 Å². The summed E-state index contributed by atoms with van der Waals surface area (Å²) in [5.74, 6) is -13.7. The Balaban J connectivity index is 3.44. The third-order valence-corrected chi connectivity index (χ3v) is 1.98. The monoisotopic (exact) mass is 292 g/mol. The van der Waals surface area contributed by atoms with Gasteiger partial charge in [-0.1, -0.05) is 0 Å². The first-order valence-corrected chi connectivity index (χ1v) is 4.00. The van der Waals surface area contributed by atoms with Crippen LogP contribution >= 0.6 is 0 Å². The maximum absolute atomic E-state index is 12.8. The normalized spacial score (nSPS) is 30.6. The third-order valence-electron chi connectivity index (χ3n) is 1.98. The van der Waals surface area contributed by atoms with Gasteiger partial charge in [0, 0.05) is 0 Å². The topological polar surface area (TPSA) is 9.23 Å². The number of alkyl halides is 9. The number of ether oxygens (including phenoxy) is 1. The quantitative estimate of drug-likeness (QED) is 0.616. The summed E-state index contributed by atoms with van der Waals surface area (Å²) in [7, 11) is 0. The predicted octanol–water partition coefficient (Wildman–Crippen LogP) is 3.87. The molecule has 0 fully saturated rings. The Morgan fingerprint density at radius 2 is 1.44 bits per heavy atom. The van der Waals surface area contributed by atoms with Gasteiger partial charge in [-0.15, -0.1) is 0 Å². The van der Waals surface area contributed by atoms with Crippen LogP contribution in [0.1, 0.15) is 0 Å². The minimum absolute atomic E-state index is 1.32. The van der Waals surface area contributed by atoms with Crippen molar-refractivity contribution in [2.75, 3.05) is 0 Å². The van der Waals surface area contributed by atoms with Crippen LogP contribution in [-0.4, -0.2) is 24.3 Å². The van der Waals surface area contributed by atoms with Gasteiger partial charge in [0.15, 0.2) is 5.83 Å². The first kappa shape index (κ1) is 15.1. The average Bonchev–Trinajstić information content (AvgIpc) is 2.11. The lowest BCUT2D eigenvalue weighted by atomic mass is 9.99. The maximum Gasteiger partial charge on any atom is 0.425 e. The number of halogens is 10. The van der Waals surface area contributed by atoms with Gasteiger partial charge in [-0.2, -0.15) is 39.5 Å². The van der Waals surface area contributed by atoms with Gasteiger partial charge in [0.1, 0.15) is 5.92 Å². The molecule has 18 heavy (non-hydrogen) atoms. The number of hydrogen-bond acceptors (Lipinski definition) is 1. The lowest BCUT2D eigenvalue weighted by Crippen LogP contribution is -2.52. The fourth-order valence-corrected chi connectivity index (χ4v) is 1.11. The highest BCUT2D eigenvalue weighted by molar-refractivity contribution is 5.12. The van der Waals surface area contributed by atoms with E-state index in [0.717, 1.165) is 0 Å². The summed E-state index contributed by atoms with van der Waals surface area (Å²) in [5, 5.41) is 0. The molecule has 1 rings (SSSR count). The summed E-state index contributed by atoms with van der Waals surface area (Å²) < 4.78 is 126. The minimum Gasteiger partial charge on any atom is -0.245 e. The third kappa shape index (κ3) is 2.27. The van der Waals surface area contributed by atoms with Crippen LogP contribution in [0.2, 0.25) is 0 Å². The van der Waals surface area contributed by atoms with Gasteiger partial charge in [0.05, 0.1) is 0 Å². The van der Waals surface area contributed by atoms with Gasteiger partial charge in [-0.05, 0) is 6.08 Å². The van der Waals surface area contributed by atoms with Crippen LogP contribution in [0.15, 0.2) is 11.9 Å². The Kier molecular flexibility index (Phi) is 3.13. The van der Waals surface area contributed by atoms with Gasteiger partial charge in [0.25, 0.3) is 0 Å². The number of allylic oxidation sites excluding steroid dienone is 1. The smallest absolute Gasteiger partial charge is 0.245 e. The summed E-state index contributed by atoms with van der Waals surface area (Å²) in [4.78, 5) is 0. The lowest BCUT2D eigenvalue weighted by molar-refractivity contribution is -0.434. The molecule has 1 heterocycles. The SMILES string of the molecule is FC1=CC(C(F)(F)F)C(F)(F)C(F)(F)OC1(F)F. The molecule has 0 spiro atoms. The zero-order chi connectivity index (χ0) is 14.6. The molecule has 1 nitrogen and oxygen atoms in total. The van der Waals surface area contributed by atoms with Crippen molar-refractivity contribution >= 4 is 0 Å². The van der Waals surface area contributed by atoms with Gasteiger partial charge < -0.3 is 0 Å². The molecule has 106 valence electrons. The van der Waals surface area contributed by atoms with E-state index in [9.17, 15) is 43.9 Å². The van der Waals surface area contributed by atoms with Crippen molar-refractivity contribution in [2.45, 2.75) is 24.3 Å². The van der Waals surface area contributed by atoms with Crippen molar-refractivity contribution in [1.82, 2.24) is 0 Å².